The Kier molecular flexibility index (Phi) is 5.17. The lowest BCUT2D eigenvalue weighted by atomic mass is 9.89. The summed E-state index contributed by atoms with van der Waals surface area (Å²) in [6, 6.07) is 13.0. The molecule has 2 aromatic carbocycles. The van der Waals surface area contributed by atoms with E-state index < -0.39 is 12.0 Å². The predicted octanol–water partition coefficient (Wildman–Crippen LogP) is 3.56. The van der Waals surface area contributed by atoms with Crippen molar-refractivity contribution in [1.29, 1.82) is 0 Å². The summed E-state index contributed by atoms with van der Waals surface area (Å²) >= 11 is 9.27. The number of rotatable bonds is 4. The molecule has 2 unspecified atom stereocenters. The van der Waals surface area contributed by atoms with Crippen molar-refractivity contribution in [3.05, 3.63) is 63.8 Å². The minimum atomic E-state index is -0.505. The molecule has 0 radical (unpaired) electrons. The Morgan fingerprint density at radius 1 is 1.22 bits per heavy atom. The number of H-pyrrole nitrogens is 1. The fourth-order valence-electron chi connectivity index (χ4n) is 4.62. The zero-order valence-electron chi connectivity index (χ0n) is 17.4. The second-order valence-electron chi connectivity index (χ2n) is 7.79. The highest BCUT2D eigenvalue weighted by atomic mass is 79.9. The van der Waals surface area contributed by atoms with Crippen molar-refractivity contribution in [2.75, 3.05) is 20.8 Å². The normalized spacial score (nSPS) is 19.8. The molecule has 0 saturated carbocycles. The van der Waals surface area contributed by atoms with Crippen LogP contribution >= 0.6 is 28.1 Å². The van der Waals surface area contributed by atoms with E-state index in [2.05, 4.69) is 27.0 Å². The number of hydrogen-bond acceptors (Lipinski definition) is 5. The zero-order chi connectivity index (χ0) is 22.6. The van der Waals surface area contributed by atoms with Crippen molar-refractivity contribution in [3.8, 4) is 5.75 Å². The van der Waals surface area contributed by atoms with Crippen LogP contribution in [0, 0.1) is 0 Å². The molecule has 1 saturated heterocycles. The highest BCUT2D eigenvalue weighted by Crippen LogP contribution is 2.44. The number of nitrogens with one attached hydrogen (secondary N) is 1. The summed E-state index contributed by atoms with van der Waals surface area (Å²) in [6.45, 7) is -0.198. The molecule has 0 bridgehead atoms. The summed E-state index contributed by atoms with van der Waals surface area (Å²) in [5, 5.41) is 1.40. The van der Waals surface area contributed by atoms with E-state index in [0.29, 0.717) is 11.5 Å². The van der Waals surface area contributed by atoms with Gasteiger partial charge in [-0.3, -0.25) is 14.5 Å². The van der Waals surface area contributed by atoms with Gasteiger partial charge in [0.15, 0.2) is 5.11 Å². The van der Waals surface area contributed by atoms with Gasteiger partial charge < -0.3 is 19.4 Å². The third-order valence-electron chi connectivity index (χ3n) is 6.14. The number of carbonyl (C=O) groups is 2. The molecule has 1 N–H and O–H groups in total. The predicted molar refractivity (Wildman–Crippen MR) is 126 cm³/mol. The zero-order valence-corrected chi connectivity index (χ0v) is 19.8. The molecule has 7 nitrogen and oxygen atoms in total. The Hall–Kier alpha value is -2.91. The maximum Gasteiger partial charge on any atom is 0.325 e. The summed E-state index contributed by atoms with van der Waals surface area (Å²) in [6.07, 6.45) is 0.495. The van der Waals surface area contributed by atoms with Gasteiger partial charge in [0.2, 0.25) is 0 Å². The number of amides is 1. The SMILES string of the molecule is COC(=O)CN1C(=O)C2Cc3c([nH]c4ccc(Br)cc34)C(c3ccc(OC)cc3)N2C1=S. The Morgan fingerprint density at radius 2 is 1.97 bits per heavy atom. The van der Waals surface area contributed by atoms with Gasteiger partial charge in [-0.25, -0.2) is 0 Å². The molecule has 5 rings (SSSR count). The van der Waals surface area contributed by atoms with E-state index in [4.69, 9.17) is 21.7 Å². The van der Waals surface area contributed by atoms with Crippen LogP contribution in [0.4, 0.5) is 0 Å². The van der Waals surface area contributed by atoms with E-state index >= 15 is 0 Å². The van der Waals surface area contributed by atoms with Gasteiger partial charge in [0.05, 0.1) is 20.3 Å². The number of esters is 1. The topological polar surface area (TPSA) is 74.9 Å². The maximum atomic E-state index is 13.4. The molecule has 0 spiro atoms. The third kappa shape index (κ3) is 3.18. The van der Waals surface area contributed by atoms with Gasteiger partial charge in [0.25, 0.3) is 5.91 Å². The molecule has 9 heteroatoms. The quantitative estimate of drug-likeness (QED) is 0.424. The molecule has 2 aliphatic heterocycles. The first-order chi connectivity index (χ1) is 15.4. The molecule has 1 fully saturated rings. The fourth-order valence-corrected chi connectivity index (χ4v) is 5.37. The Balaban J connectivity index is 1.67. The van der Waals surface area contributed by atoms with E-state index in [1.807, 2.05) is 41.3 Å². The van der Waals surface area contributed by atoms with Crippen LogP contribution in [-0.4, -0.2) is 58.6 Å². The van der Waals surface area contributed by atoms with Crippen LogP contribution in [0.25, 0.3) is 10.9 Å². The standard InChI is InChI=1S/C23H20BrN3O4S/c1-30-14-6-3-12(4-7-14)21-20-16(15-9-13(24)5-8-17(15)25-20)10-18-22(29)26(11-19(28)31-2)23(32)27(18)21/h3-9,18,21,25H,10-11H2,1-2H3. The molecule has 1 aromatic heterocycles. The van der Waals surface area contributed by atoms with Crippen molar-refractivity contribution in [2.24, 2.45) is 0 Å². The van der Waals surface area contributed by atoms with Crippen molar-refractivity contribution in [3.63, 3.8) is 0 Å². The highest BCUT2D eigenvalue weighted by molar-refractivity contribution is 9.10. The van der Waals surface area contributed by atoms with Crippen LogP contribution in [-0.2, 0) is 20.7 Å². The summed E-state index contributed by atoms with van der Waals surface area (Å²) in [7, 11) is 2.92. The summed E-state index contributed by atoms with van der Waals surface area (Å²) in [4.78, 5) is 32.2. The van der Waals surface area contributed by atoms with E-state index in [1.165, 1.54) is 12.0 Å². The molecule has 3 heterocycles. The van der Waals surface area contributed by atoms with E-state index in [-0.39, 0.29) is 18.5 Å². The van der Waals surface area contributed by atoms with Gasteiger partial charge in [0, 0.05) is 27.5 Å². The number of benzene rings is 2. The Morgan fingerprint density at radius 3 is 2.66 bits per heavy atom. The Labute approximate surface area is 198 Å². The minimum Gasteiger partial charge on any atom is -0.497 e. The lowest BCUT2D eigenvalue weighted by Crippen LogP contribution is -2.44. The number of thiocarbonyl (C=S) groups is 1. The minimum absolute atomic E-state index is 0.186. The second kappa shape index (κ2) is 7.90. The number of carbonyl (C=O) groups excluding carboxylic acids is 2. The molecule has 1 amide bonds. The van der Waals surface area contributed by atoms with E-state index in [9.17, 15) is 9.59 Å². The van der Waals surface area contributed by atoms with Crippen LogP contribution in [0.5, 0.6) is 5.75 Å². The maximum absolute atomic E-state index is 13.4. The van der Waals surface area contributed by atoms with Crippen molar-refractivity contribution in [1.82, 2.24) is 14.8 Å². The van der Waals surface area contributed by atoms with Crippen LogP contribution in [0.2, 0.25) is 0 Å². The smallest absolute Gasteiger partial charge is 0.325 e. The number of fused-ring (bicyclic) bond motifs is 4. The number of aromatic nitrogens is 1. The van der Waals surface area contributed by atoms with Gasteiger partial charge in [-0.05, 0) is 53.7 Å². The highest BCUT2D eigenvalue weighted by Gasteiger charge is 2.50. The van der Waals surface area contributed by atoms with E-state index in [1.54, 1.807) is 7.11 Å². The first kappa shape index (κ1) is 21.0. The first-order valence-corrected chi connectivity index (χ1v) is 11.3. The summed E-state index contributed by atoms with van der Waals surface area (Å²) in [5.74, 6) is 0.0534. The number of hydrogen-bond donors (Lipinski definition) is 1. The number of halogens is 1. The lowest BCUT2D eigenvalue weighted by molar-refractivity contribution is -0.144. The molecule has 0 aliphatic carbocycles. The third-order valence-corrected chi connectivity index (χ3v) is 7.06. The molecule has 32 heavy (non-hydrogen) atoms. The lowest BCUT2D eigenvalue weighted by Gasteiger charge is -2.37. The number of aromatic amines is 1. The molecule has 2 aliphatic rings. The molecular weight excluding hydrogens is 494 g/mol. The molecular formula is C23H20BrN3O4S. The van der Waals surface area contributed by atoms with Crippen molar-refractivity contribution in [2.45, 2.75) is 18.5 Å². The molecule has 164 valence electrons. The van der Waals surface area contributed by atoms with Crippen LogP contribution in [0.3, 0.4) is 0 Å². The van der Waals surface area contributed by atoms with Crippen LogP contribution < -0.4 is 4.74 Å². The monoisotopic (exact) mass is 513 g/mol. The van der Waals surface area contributed by atoms with Gasteiger partial charge in [-0.2, -0.15) is 0 Å². The number of nitrogens with zero attached hydrogens (tertiary/aromatic N) is 2. The molecule has 3 aromatic rings. The van der Waals surface area contributed by atoms with Crippen molar-refractivity contribution < 1.29 is 19.1 Å². The van der Waals surface area contributed by atoms with Crippen LogP contribution in [0.15, 0.2) is 46.9 Å². The van der Waals surface area contributed by atoms with Gasteiger partial charge in [-0.1, -0.05) is 28.1 Å². The van der Waals surface area contributed by atoms with Gasteiger partial charge >= 0.3 is 5.97 Å². The van der Waals surface area contributed by atoms with Crippen molar-refractivity contribution >= 4 is 56.0 Å². The molecule has 2 atom stereocenters. The van der Waals surface area contributed by atoms with E-state index in [0.717, 1.165) is 37.9 Å². The summed E-state index contributed by atoms with van der Waals surface area (Å²) < 4.78 is 11.1. The Bertz CT molecular complexity index is 1260. The van der Waals surface area contributed by atoms with Gasteiger partial charge in [-0.15, -0.1) is 0 Å². The second-order valence-corrected chi connectivity index (χ2v) is 9.07. The number of ether oxygens (including phenoxy) is 2. The average molecular weight is 514 g/mol. The van der Waals surface area contributed by atoms with Crippen LogP contribution in [0.1, 0.15) is 22.9 Å². The summed E-state index contributed by atoms with van der Waals surface area (Å²) in [5.41, 5.74) is 4.05. The average Bonchev–Trinajstić information content (AvgIpc) is 3.28. The first-order valence-electron chi connectivity index (χ1n) is 10.1. The van der Waals surface area contributed by atoms with Gasteiger partial charge in [0.1, 0.15) is 18.3 Å². The number of methoxy groups -OCH3 is 2. The fraction of sp³-hybridized carbons (Fsp3) is 0.261. The largest absolute Gasteiger partial charge is 0.497 e.